The van der Waals surface area contributed by atoms with E-state index < -0.39 is 0 Å². The summed E-state index contributed by atoms with van der Waals surface area (Å²) in [5, 5.41) is 4.30. The van der Waals surface area contributed by atoms with Crippen LogP contribution in [0.1, 0.15) is 38.3 Å². The molecule has 2 rings (SSSR count). The van der Waals surface area contributed by atoms with Gasteiger partial charge in [-0.3, -0.25) is 0 Å². The molecule has 0 radical (unpaired) electrons. The smallest absolute Gasteiger partial charge is 0.153 e. The van der Waals surface area contributed by atoms with Crippen molar-refractivity contribution in [1.82, 2.24) is 14.6 Å². The van der Waals surface area contributed by atoms with Crippen molar-refractivity contribution in [2.24, 2.45) is 0 Å². The van der Waals surface area contributed by atoms with E-state index in [2.05, 4.69) is 23.9 Å². The van der Waals surface area contributed by atoms with Crippen LogP contribution in [0, 0.1) is 0 Å². The molecule has 0 aliphatic carbocycles. The molecule has 0 aliphatic rings. The van der Waals surface area contributed by atoms with Gasteiger partial charge in [0.1, 0.15) is 0 Å². The zero-order chi connectivity index (χ0) is 9.97. The van der Waals surface area contributed by atoms with Gasteiger partial charge in [-0.25, -0.2) is 9.50 Å². The number of hydrogen-bond donors (Lipinski definition) is 0. The summed E-state index contributed by atoms with van der Waals surface area (Å²) in [7, 11) is 0. The fourth-order valence-electron chi connectivity index (χ4n) is 1.76. The summed E-state index contributed by atoms with van der Waals surface area (Å²) >= 11 is 0. The molecule has 0 amide bonds. The molecule has 0 aromatic carbocycles. The second-order valence-corrected chi connectivity index (χ2v) is 3.67. The van der Waals surface area contributed by atoms with Crippen LogP contribution in [0.2, 0.25) is 0 Å². The first-order valence-corrected chi connectivity index (χ1v) is 5.11. The Bertz CT molecular complexity index is 419. The molecule has 14 heavy (non-hydrogen) atoms. The molecule has 0 saturated carbocycles. The zero-order valence-electron chi connectivity index (χ0n) is 8.64. The lowest BCUT2D eigenvalue weighted by atomic mass is 10.0. The van der Waals surface area contributed by atoms with Crippen molar-refractivity contribution in [2.45, 2.75) is 32.6 Å². The molecule has 0 bridgehead atoms. The number of rotatable bonds is 3. The van der Waals surface area contributed by atoms with Crippen molar-refractivity contribution in [3.05, 3.63) is 30.2 Å². The monoisotopic (exact) mass is 189 g/mol. The summed E-state index contributed by atoms with van der Waals surface area (Å²) in [5.41, 5.74) is 2.15. The first-order valence-electron chi connectivity index (χ1n) is 5.11. The SMILES string of the molecule is CCCC(C)c1cnc2cccnn12. The minimum Gasteiger partial charge on any atom is -0.235 e. The summed E-state index contributed by atoms with van der Waals surface area (Å²) in [4.78, 5) is 4.32. The van der Waals surface area contributed by atoms with Crippen molar-refractivity contribution in [1.29, 1.82) is 0 Å². The molecule has 74 valence electrons. The van der Waals surface area contributed by atoms with Crippen molar-refractivity contribution in [3.63, 3.8) is 0 Å². The minimum absolute atomic E-state index is 0.532. The third kappa shape index (κ3) is 1.50. The van der Waals surface area contributed by atoms with Crippen molar-refractivity contribution in [2.75, 3.05) is 0 Å². The van der Waals surface area contributed by atoms with Gasteiger partial charge in [0, 0.05) is 12.1 Å². The Morgan fingerprint density at radius 3 is 3.14 bits per heavy atom. The van der Waals surface area contributed by atoms with E-state index in [-0.39, 0.29) is 0 Å². The topological polar surface area (TPSA) is 30.2 Å². The minimum atomic E-state index is 0.532. The van der Waals surface area contributed by atoms with Crippen LogP contribution in [0.5, 0.6) is 0 Å². The molecule has 1 atom stereocenters. The van der Waals surface area contributed by atoms with E-state index >= 15 is 0 Å². The van der Waals surface area contributed by atoms with Crippen LogP contribution in [0.25, 0.3) is 5.65 Å². The molecular formula is C11H15N3. The van der Waals surface area contributed by atoms with Crippen LogP contribution in [0.3, 0.4) is 0 Å². The van der Waals surface area contributed by atoms with E-state index in [1.165, 1.54) is 18.5 Å². The van der Waals surface area contributed by atoms with Crippen LogP contribution in [0.15, 0.2) is 24.5 Å². The molecule has 3 heteroatoms. The molecule has 0 spiro atoms. The highest BCUT2D eigenvalue weighted by molar-refractivity contribution is 5.38. The fraction of sp³-hybridized carbons (Fsp3) is 0.455. The summed E-state index contributed by atoms with van der Waals surface area (Å²) in [6.45, 7) is 4.43. The third-order valence-electron chi connectivity index (χ3n) is 2.53. The maximum absolute atomic E-state index is 4.32. The Labute approximate surface area is 83.8 Å². The fourth-order valence-corrected chi connectivity index (χ4v) is 1.76. The Kier molecular flexibility index (Phi) is 2.48. The van der Waals surface area contributed by atoms with Gasteiger partial charge in [-0.2, -0.15) is 5.10 Å². The zero-order valence-corrected chi connectivity index (χ0v) is 8.64. The van der Waals surface area contributed by atoms with Crippen LogP contribution >= 0.6 is 0 Å². The highest BCUT2D eigenvalue weighted by atomic mass is 15.2. The standard InChI is InChI=1S/C11H15N3/c1-3-5-9(2)10-8-12-11-6-4-7-13-14(10)11/h4,6-9H,3,5H2,1-2H3. The molecular weight excluding hydrogens is 174 g/mol. The Balaban J connectivity index is 2.42. The molecule has 0 saturated heterocycles. The molecule has 3 nitrogen and oxygen atoms in total. The number of nitrogens with zero attached hydrogens (tertiary/aromatic N) is 3. The first kappa shape index (κ1) is 9.19. The van der Waals surface area contributed by atoms with Gasteiger partial charge in [-0.05, 0) is 18.6 Å². The van der Waals surface area contributed by atoms with Gasteiger partial charge >= 0.3 is 0 Å². The second-order valence-electron chi connectivity index (χ2n) is 3.67. The van der Waals surface area contributed by atoms with Gasteiger partial charge in [-0.15, -0.1) is 0 Å². The van der Waals surface area contributed by atoms with E-state index in [9.17, 15) is 0 Å². The maximum atomic E-state index is 4.32. The average Bonchev–Trinajstić information content (AvgIpc) is 2.61. The van der Waals surface area contributed by atoms with E-state index in [1.54, 1.807) is 6.20 Å². The molecule has 1 unspecified atom stereocenters. The van der Waals surface area contributed by atoms with Crippen LogP contribution < -0.4 is 0 Å². The molecule has 2 heterocycles. The van der Waals surface area contributed by atoms with Crippen LogP contribution in [0.4, 0.5) is 0 Å². The van der Waals surface area contributed by atoms with Crippen LogP contribution in [-0.4, -0.2) is 14.6 Å². The predicted octanol–water partition coefficient (Wildman–Crippen LogP) is 2.63. The van der Waals surface area contributed by atoms with Gasteiger partial charge < -0.3 is 0 Å². The number of fused-ring (bicyclic) bond motifs is 1. The van der Waals surface area contributed by atoms with E-state index in [4.69, 9.17) is 0 Å². The lowest BCUT2D eigenvalue weighted by Gasteiger charge is -2.07. The largest absolute Gasteiger partial charge is 0.235 e. The van der Waals surface area contributed by atoms with Crippen molar-refractivity contribution in [3.8, 4) is 0 Å². The average molecular weight is 189 g/mol. The van der Waals surface area contributed by atoms with Gasteiger partial charge in [0.2, 0.25) is 0 Å². The normalized spacial score (nSPS) is 13.3. The highest BCUT2D eigenvalue weighted by Crippen LogP contribution is 2.20. The molecule has 2 aromatic rings. The van der Waals surface area contributed by atoms with Crippen LogP contribution in [-0.2, 0) is 0 Å². The molecule has 0 fully saturated rings. The summed E-state index contributed by atoms with van der Waals surface area (Å²) in [6, 6.07) is 3.89. The third-order valence-corrected chi connectivity index (χ3v) is 2.53. The molecule has 2 aromatic heterocycles. The predicted molar refractivity (Wildman–Crippen MR) is 56.3 cm³/mol. The maximum Gasteiger partial charge on any atom is 0.153 e. The van der Waals surface area contributed by atoms with E-state index in [0.717, 1.165) is 5.65 Å². The Morgan fingerprint density at radius 1 is 1.50 bits per heavy atom. The Hall–Kier alpha value is -1.38. The van der Waals surface area contributed by atoms with Crippen molar-refractivity contribution < 1.29 is 0 Å². The first-order chi connectivity index (χ1) is 6.83. The quantitative estimate of drug-likeness (QED) is 0.743. The lowest BCUT2D eigenvalue weighted by molar-refractivity contribution is 0.628. The summed E-state index contributed by atoms with van der Waals surface area (Å²) in [5.74, 6) is 0.532. The molecule has 0 aliphatic heterocycles. The van der Waals surface area contributed by atoms with E-state index in [1.807, 2.05) is 22.8 Å². The second kappa shape index (κ2) is 3.78. The lowest BCUT2D eigenvalue weighted by Crippen LogP contribution is -2.00. The van der Waals surface area contributed by atoms with Gasteiger partial charge in [0.15, 0.2) is 5.65 Å². The van der Waals surface area contributed by atoms with Crippen molar-refractivity contribution >= 4 is 5.65 Å². The van der Waals surface area contributed by atoms with E-state index in [0.29, 0.717) is 5.92 Å². The van der Waals surface area contributed by atoms with Gasteiger partial charge in [-0.1, -0.05) is 20.3 Å². The number of hydrogen-bond acceptors (Lipinski definition) is 2. The number of imidazole rings is 1. The summed E-state index contributed by atoms with van der Waals surface area (Å²) in [6.07, 6.45) is 6.12. The summed E-state index contributed by atoms with van der Waals surface area (Å²) < 4.78 is 1.93. The highest BCUT2D eigenvalue weighted by Gasteiger charge is 2.10. The Morgan fingerprint density at radius 2 is 2.36 bits per heavy atom. The number of aromatic nitrogens is 3. The van der Waals surface area contributed by atoms with Gasteiger partial charge in [0.05, 0.1) is 11.9 Å². The van der Waals surface area contributed by atoms with Gasteiger partial charge in [0.25, 0.3) is 0 Å². The molecule has 0 N–H and O–H groups in total.